The van der Waals surface area contributed by atoms with Crippen molar-refractivity contribution in [2.45, 2.75) is 31.1 Å². The molecule has 1 atom stereocenters. The normalized spacial score (nSPS) is 21.7. The van der Waals surface area contributed by atoms with Gasteiger partial charge < -0.3 is 10.6 Å². The van der Waals surface area contributed by atoms with Crippen LogP contribution in [-0.4, -0.2) is 48.6 Å². The van der Waals surface area contributed by atoms with Crippen molar-refractivity contribution in [2.75, 3.05) is 18.8 Å². The van der Waals surface area contributed by atoms with Crippen LogP contribution in [0, 0.1) is 0 Å². The van der Waals surface area contributed by atoms with Gasteiger partial charge in [0.1, 0.15) is 5.52 Å². The van der Waals surface area contributed by atoms with Gasteiger partial charge in [0, 0.05) is 37.9 Å². The van der Waals surface area contributed by atoms with Crippen molar-refractivity contribution in [1.29, 1.82) is 0 Å². The number of pyridine rings is 1. The molecule has 0 aromatic carbocycles. The Morgan fingerprint density at radius 2 is 2.11 bits per heavy atom. The van der Waals surface area contributed by atoms with Crippen LogP contribution in [0.4, 0.5) is 5.95 Å². The number of carbonyl (C=O) groups excluding carboxylic acids is 1. The average Bonchev–Trinajstić information content (AvgIpc) is 3.22. The van der Waals surface area contributed by atoms with Crippen molar-refractivity contribution in [3.8, 4) is 0 Å². The lowest BCUT2D eigenvalue weighted by atomic mass is 9.77. The fourth-order valence-corrected chi connectivity index (χ4v) is 4.58. The van der Waals surface area contributed by atoms with Gasteiger partial charge in [0.15, 0.2) is 0 Å². The van der Waals surface area contributed by atoms with Gasteiger partial charge in [-0.25, -0.2) is 9.97 Å². The number of hydrogen-bond acceptors (Lipinski definition) is 6. The number of aromatic nitrogens is 5. The summed E-state index contributed by atoms with van der Waals surface area (Å²) in [5, 5.41) is 4.20. The molecule has 2 aliphatic rings. The van der Waals surface area contributed by atoms with E-state index in [2.05, 4.69) is 20.1 Å². The summed E-state index contributed by atoms with van der Waals surface area (Å²) in [6.07, 6.45) is 9.11. The van der Waals surface area contributed by atoms with Gasteiger partial charge in [-0.15, -0.1) is 0 Å². The van der Waals surface area contributed by atoms with E-state index in [4.69, 9.17) is 5.73 Å². The van der Waals surface area contributed by atoms with Crippen LogP contribution in [0.15, 0.2) is 24.7 Å². The summed E-state index contributed by atoms with van der Waals surface area (Å²) in [6, 6.07) is 1.88. The molecule has 1 amide bonds. The zero-order valence-corrected chi connectivity index (χ0v) is 15.2. The Kier molecular flexibility index (Phi) is 3.43. The minimum absolute atomic E-state index is 0.0140. The molecule has 1 spiro atoms. The number of anilines is 1. The van der Waals surface area contributed by atoms with Gasteiger partial charge >= 0.3 is 0 Å². The molecular formula is C19H21N7O. The SMILES string of the molecule is Cn1ncc2ncc(C(=O)N3CCCC4(CCc5cnc(N)nc54)C3)cc21. The number of fused-ring (bicyclic) bond motifs is 3. The molecule has 8 nitrogen and oxygen atoms in total. The second-order valence-corrected chi connectivity index (χ2v) is 7.61. The Balaban J connectivity index is 1.47. The number of hydrogen-bond donors (Lipinski definition) is 1. The Hall–Kier alpha value is -3.03. The maximum absolute atomic E-state index is 13.2. The number of aryl methyl sites for hydroxylation is 2. The van der Waals surface area contributed by atoms with Crippen molar-refractivity contribution in [2.24, 2.45) is 7.05 Å². The highest BCUT2D eigenvalue weighted by Gasteiger charge is 2.44. The van der Waals surface area contributed by atoms with Crippen LogP contribution in [0.5, 0.6) is 0 Å². The summed E-state index contributed by atoms with van der Waals surface area (Å²) in [5.74, 6) is 0.324. The predicted molar refractivity (Wildman–Crippen MR) is 100 cm³/mol. The summed E-state index contributed by atoms with van der Waals surface area (Å²) < 4.78 is 1.74. The van der Waals surface area contributed by atoms with Gasteiger partial charge in [-0.1, -0.05) is 0 Å². The van der Waals surface area contributed by atoms with Crippen LogP contribution in [0.1, 0.15) is 40.9 Å². The minimum Gasteiger partial charge on any atom is -0.368 e. The van der Waals surface area contributed by atoms with Crippen molar-refractivity contribution in [1.82, 2.24) is 29.6 Å². The second-order valence-electron chi connectivity index (χ2n) is 7.61. The summed E-state index contributed by atoms with van der Waals surface area (Å²) in [5.41, 5.74) is 10.2. The molecule has 0 saturated carbocycles. The van der Waals surface area contributed by atoms with Gasteiger partial charge in [-0.05, 0) is 37.3 Å². The number of nitrogen functional groups attached to an aromatic ring is 1. The van der Waals surface area contributed by atoms with E-state index in [0.717, 1.165) is 54.5 Å². The summed E-state index contributed by atoms with van der Waals surface area (Å²) in [6.45, 7) is 1.42. The molecule has 1 saturated heterocycles. The first-order valence-corrected chi connectivity index (χ1v) is 9.25. The maximum Gasteiger partial charge on any atom is 0.255 e. The number of nitrogens with zero attached hydrogens (tertiary/aromatic N) is 6. The van der Waals surface area contributed by atoms with Crippen molar-refractivity contribution in [3.05, 3.63) is 41.5 Å². The highest BCUT2D eigenvalue weighted by Crippen LogP contribution is 2.44. The number of amides is 1. The molecular weight excluding hydrogens is 342 g/mol. The third-order valence-corrected chi connectivity index (χ3v) is 5.97. The molecule has 2 N–H and O–H groups in total. The number of piperidine rings is 1. The van der Waals surface area contributed by atoms with E-state index >= 15 is 0 Å². The lowest BCUT2D eigenvalue weighted by Crippen LogP contribution is -2.48. The van der Waals surface area contributed by atoms with Gasteiger partial charge in [-0.2, -0.15) is 5.10 Å². The number of rotatable bonds is 1. The molecule has 138 valence electrons. The smallest absolute Gasteiger partial charge is 0.255 e. The molecule has 3 aromatic rings. The van der Waals surface area contributed by atoms with Crippen LogP contribution in [0.2, 0.25) is 0 Å². The van der Waals surface area contributed by atoms with E-state index in [1.165, 1.54) is 0 Å². The largest absolute Gasteiger partial charge is 0.368 e. The van der Waals surface area contributed by atoms with Crippen molar-refractivity contribution in [3.63, 3.8) is 0 Å². The molecule has 4 heterocycles. The second kappa shape index (κ2) is 5.73. The summed E-state index contributed by atoms with van der Waals surface area (Å²) >= 11 is 0. The molecule has 5 rings (SSSR count). The van der Waals surface area contributed by atoms with E-state index in [9.17, 15) is 4.79 Å². The van der Waals surface area contributed by atoms with Crippen LogP contribution in [0.25, 0.3) is 11.0 Å². The lowest BCUT2D eigenvalue weighted by molar-refractivity contribution is 0.0633. The monoisotopic (exact) mass is 363 g/mol. The van der Waals surface area contributed by atoms with Gasteiger partial charge in [0.25, 0.3) is 5.91 Å². The molecule has 3 aromatic heterocycles. The zero-order valence-electron chi connectivity index (χ0n) is 15.2. The quantitative estimate of drug-likeness (QED) is 0.702. The van der Waals surface area contributed by atoms with Crippen molar-refractivity contribution < 1.29 is 4.79 Å². The molecule has 1 fully saturated rings. The van der Waals surface area contributed by atoms with Crippen LogP contribution >= 0.6 is 0 Å². The zero-order chi connectivity index (χ0) is 18.6. The molecule has 0 radical (unpaired) electrons. The molecule has 1 aliphatic heterocycles. The van der Waals surface area contributed by atoms with E-state index in [-0.39, 0.29) is 11.3 Å². The molecule has 1 aliphatic carbocycles. The highest BCUT2D eigenvalue weighted by atomic mass is 16.2. The Morgan fingerprint density at radius 1 is 1.22 bits per heavy atom. The summed E-state index contributed by atoms with van der Waals surface area (Å²) in [4.78, 5) is 28.2. The number of likely N-dealkylation sites (tertiary alicyclic amines) is 1. The van der Waals surface area contributed by atoms with Gasteiger partial charge in [-0.3, -0.25) is 14.5 Å². The molecule has 0 bridgehead atoms. The number of nitrogens with two attached hydrogens (primary N) is 1. The molecule has 1 unspecified atom stereocenters. The predicted octanol–water partition coefficient (Wildman–Crippen LogP) is 1.46. The minimum atomic E-state index is -0.107. The average molecular weight is 363 g/mol. The first-order valence-electron chi connectivity index (χ1n) is 9.25. The van der Waals surface area contributed by atoms with Gasteiger partial charge in [0.2, 0.25) is 5.95 Å². The Bertz CT molecular complexity index is 1060. The van der Waals surface area contributed by atoms with Crippen LogP contribution < -0.4 is 5.73 Å². The fraction of sp³-hybridized carbons (Fsp3) is 0.421. The van der Waals surface area contributed by atoms with E-state index < -0.39 is 0 Å². The first kappa shape index (κ1) is 16.2. The van der Waals surface area contributed by atoms with Crippen LogP contribution in [-0.2, 0) is 18.9 Å². The van der Waals surface area contributed by atoms with E-state index in [1.54, 1.807) is 17.1 Å². The summed E-state index contributed by atoms with van der Waals surface area (Å²) in [7, 11) is 1.85. The standard InChI is InChI=1S/C19H21N7O/c1-25-15-7-13(9-21-14(15)10-23-25)17(27)26-6-2-4-19(11-26)5-3-12-8-22-18(20)24-16(12)19/h7-10H,2-6,11H2,1H3,(H2,20,22,24). The Morgan fingerprint density at radius 3 is 3.00 bits per heavy atom. The van der Waals surface area contributed by atoms with E-state index in [0.29, 0.717) is 18.1 Å². The lowest BCUT2D eigenvalue weighted by Gasteiger charge is -2.40. The van der Waals surface area contributed by atoms with Crippen molar-refractivity contribution >= 4 is 22.9 Å². The third-order valence-electron chi connectivity index (χ3n) is 5.97. The molecule has 27 heavy (non-hydrogen) atoms. The Labute approximate surface area is 156 Å². The highest BCUT2D eigenvalue weighted by molar-refractivity contribution is 5.96. The number of carbonyl (C=O) groups is 1. The third kappa shape index (κ3) is 2.47. The topological polar surface area (TPSA) is 103 Å². The van der Waals surface area contributed by atoms with Crippen LogP contribution in [0.3, 0.4) is 0 Å². The molecule has 8 heteroatoms. The fourth-order valence-electron chi connectivity index (χ4n) is 4.58. The first-order chi connectivity index (χ1) is 13.1. The maximum atomic E-state index is 13.2. The van der Waals surface area contributed by atoms with Gasteiger partial charge in [0.05, 0.1) is 23.0 Å². The van der Waals surface area contributed by atoms with E-state index in [1.807, 2.05) is 24.2 Å².